The Labute approximate surface area is 180 Å². The zero-order valence-corrected chi connectivity index (χ0v) is 17.9. The predicted molar refractivity (Wildman–Crippen MR) is 112 cm³/mol. The lowest BCUT2D eigenvalue weighted by atomic mass is 10.1. The molecule has 0 bridgehead atoms. The highest BCUT2D eigenvalue weighted by Crippen LogP contribution is 2.21. The maximum atomic E-state index is 12.9. The molecular formula is C21H29N3O7. The van der Waals surface area contributed by atoms with Gasteiger partial charge in [0, 0.05) is 25.1 Å². The van der Waals surface area contributed by atoms with Crippen LogP contribution < -0.4 is 15.5 Å². The van der Waals surface area contributed by atoms with Crippen LogP contribution >= 0.6 is 0 Å². The topological polar surface area (TPSA) is 134 Å². The van der Waals surface area contributed by atoms with Crippen molar-refractivity contribution in [1.82, 2.24) is 10.6 Å². The number of hydrogen-bond donors (Lipinski definition) is 3. The van der Waals surface area contributed by atoms with Crippen LogP contribution in [0.1, 0.15) is 50.4 Å². The number of nitrogens with one attached hydrogen (secondary N) is 2. The van der Waals surface area contributed by atoms with Crippen molar-refractivity contribution in [3.63, 3.8) is 0 Å². The van der Waals surface area contributed by atoms with Gasteiger partial charge in [-0.15, -0.1) is 0 Å². The summed E-state index contributed by atoms with van der Waals surface area (Å²) >= 11 is 0. The number of carbonyl (C=O) groups excluding carboxylic acids is 3. The molecule has 1 saturated heterocycles. The van der Waals surface area contributed by atoms with Gasteiger partial charge in [0.2, 0.25) is 5.91 Å². The molecule has 1 aromatic carbocycles. The van der Waals surface area contributed by atoms with Gasteiger partial charge in [-0.05, 0) is 51.5 Å². The maximum Gasteiger partial charge on any atom is 0.409 e. The molecule has 0 radical (unpaired) electrons. The van der Waals surface area contributed by atoms with Crippen LogP contribution in [0, 0.1) is 0 Å². The van der Waals surface area contributed by atoms with E-state index < -0.39 is 30.1 Å². The van der Waals surface area contributed by atoms with E-state index in [1.165, 1.54) is 17.0 Å². The molecule has 0 spiro atoms. The van der Waals surface area contributed by atoms with Crippen LogP contribution in [0.5, 0.6) is 0 Å². The van der Waals surface area contributed by atoms with Crippen LogP contribution in [0.25, 0.3) is 0 Å². The number of ether oxygens (including phenoxy) is 2. The molecule has 1 aliphatic heterocycles. The quantitative estimate of drug-likeness (QED) is 0.416. The molecule has 10 nitrogen and oxygen atoms in total. The molecule has 1 fully saturated rings. The molecule has 3 N–H and O–H groups in total. The summed E-state index contributed by atoms with van der Waals surface area (Å²) < 4.78 is 10.9. The average molecular weight is 435 g/mol. The summed E-state index contributed by atoms with van der Waals surface area (Å²) in [5.74, 6) is -1.30. The van der Waals surface area contributed by atoms with Crippen molar-refractivity contribution in [2.24, 2.45) is 0 Å². The number of amides is 2. The lowest BCUT2D eigenvalue weighted by Crippen LogP contribution is -2.60. The Morgan fingerprint density at radius 3 is 2.48 bits per heavy atom. The fourth-order valence-corrected chi connectivity index (χ4v) is 2.99. The molecule has 0 saturated carbocycles. The van der Waals surface area contributed by atoms with Crippen LogP contribution in [0.3, 0.4) is 0 Å². The second kappa shape index (κ2) is 10.9. The third-order valence-corrected chi connectivity index (χ3v) is 4.36. The van der Waals surface area contributed by atoms with E-state index in [1.807, 2.05) is 0 Å². The summed E-state index contributed by atoms with van der Waals surface area (Å²) in [6.45, 7) is 5.58. The van der Waals surface area contributed by atoms with E-state index in [4.69, 9.17) is 14.6 Å². The predicted octanol–water partition coefficient (Wildman–Crippen LogP) is 1.88. The minimum absolute atomic E-state index is 0.0839. The minimum Gasteiger partial charge on any atom is -0.478 e. The van der Waals surface area contributed by atoms with Crippen LogP contribution in [0.15, 0.2) is 24.3 Å². The number of unbranched alkanes of at least 4 members (excludes halogenated alkanes) is 1. The summed E-state index contributed by atoms with van der Waals surface area (Å²) in [6, 6.07) is 5.93. The van der Waals surface area contributed by atoms with E-state index in [2.05, 4.69) is 10.6 Å². The lowest BCUT2D eigenvalue weighted by molar-refractivity contribution is -0.120. The zero-order chi connectivity index (χ0) is 23.0. The van der Waals surface area contributed by atoms with Gasteiger partial charge in [0.05, 0.1) is 12.2 Å². The van der Waals surface area contributed by atoms with Crippen molar-refractivity contribution in [2.45, 2.75) is 58.0 Å². The second-order valence-corrected chi connectivity index (χ2v) is 8.07. The Morgan fingerprint density at radius 2 is 1.97 bits per heavy atom. The number of aldehydes is 1. The Morgan fingerprint density at radius 1 is 1.29 bits per heavy atom. The number of nitrogens with zero attached hydrogens (tertiary/aromatic N) is 1. The van der Waals surface area contributed by atoms with Crippen molar-refractivity contribution < 1.29 is 33.8 Å². The molecule has 0 aliphatic carbocycles. The van der Waals surface area contributed by atoms with E-state index in [1.54, 1.807) is 32.9 Å². The summed E-state index contributed by atoms with van der Waals surface area (Å²) in [5.41, 5.74) is -0.0333. The van der Waals surface area contributed by atoms with Gasteiger partial charge >= 0.3 is 12.1 Å². The zero-order valence-electron chi connectivity index (χ0n) is 17.9. The van der Waals surface area contributed by atoms with Crippen molar-refractivity contribution >= 4 is 29.9 Å². The minimum atomic E-state index is -1.06. The van der Waals surface area contributed by atoms with Crippen LogP contribution in [0.4, 0.5) is 10.5 Å². The first-order chi connectivity index (χ1) is 14.6. The molecule has 1 aliphatic rings. The van der Waals surface area contributed by atoms with E-state index in [0.29, 0.717) is 12.1 Å². The van der Waals surface area contributed by atoms with Gasteiger partial charge < -0.3 is 19.4 Å². The average Bonchev–Trinajstić information content (AvgIpc) is 2.68. The van der Waals surface area contributed by atoms with Crippen LogP contribution in [-0.4, -0.2) is 60.5 Å². The number of alkyl carbamates (subject to hydrolysis) is 1. The van der Waals surface area contributed by atoms with E-state index >= 15 is 0 Å². The monoisotopic (exact) mass is 435 g/mol. The Bertz CT molecular complexity index is 781. The number of aromatic carboxylic acids is 1. The third kappa shape index (κ3) is 7.65. The standard InChI is InChI=1S/C21H29N3O7/c1-21(2,3)31-20(29)23-17-12-22-16(13-30-17)24(18(26)6-4-5-11-25)15-9-7-14(8-10-15)19(27)28/h7-11,16-17,22H,4-6,12-13H2,1-3H3,(H,23,29)(H,27,28). The molecule has 2 unspecified atom stereocenters. The number of carbonyl (C=O) groups is 4. The van der Waals surface area contributed by atoms with Gasteiger partial charge in [-0.2, -0.15) is 0 Å². The molecule has 31 heavy (non-hydrogen) atoms. The largest absolute Gasteiger partial charge is 0.478 e. The first kappa shape index (κ1) is 24.3. The number of benzene rings is 1. The highest BCUT2D eigenvalue weighted by molar-refractivity contribution is 5.95. The molecule has 10 heteroatoms. The molecule has 0 aromatic heterocycles. The first-order valence-corrected chi connectivity index (χ1v) is 10.0. The Hall–Kier alpha value is -2.98. The summed E-state index contributed by atoms with van der Waals surface area (Å²) in [6.07, 6.45) is -0.186. The van der Waals surface area contributed by atoms with Gasteiger partial charge in [0.1, 0.15) is 24.3 Å². The number of hydrogen-bond acceptors (Lipinski definition) is 7. The maximum absolute atomic E-state index is 12.9. The molecule has 2 amide bonds. The molecular weight excluding hydrogens is 406 g/mol. The van der Waals surface area contributed by atoms with Gasteiger partial charge in [-0.1, -0.05) is 0 Å². The highest BCUT2D eigenvalue weighted by Gasteiger charge is 2.31. The highest BCUT2D eigenvalue weighted by atomic mass is 16.6. The van der Waals surface area contributed by atoms with Crippen LogP contribution in [0.2, 0.25) is 0 Å². The first-order valence-electron chi connectivity index (χ1n) is 10.0. The molecule has 1 aromatic rings. The Kier molecular flexibility index (Phi) is 8.52. The number of anilines is 1. The van der Waals surface area contributed by atoms with Gasteiger partial charge in [-0.25, -0.2) is 9.59 Å². The van der Waals surface area contributed by atoms with Crippen molar-refractivity contribution in [3.8, 4) is 0 Å². The van der Waals surface area contributed by atoms with E-state index in [-0.39, 0.29) is 37.5 Å². The van der Waals surface area contributed by atoms with Crippen molar-refractivity contribution in [1.29, 1.82) is 0 Å². The summed E-state index contributed by atoms with van der Waals surface area (Å²) in [7, 11) is 0. The summed E-state index contributed by atoms with van der Waals surface area (Å²) in [4.78, 5) is 48.0. The Balaban J connectivity index is 2.07. The number of rotatable bonds is 8. The smallest absolute Gasteiger partial charge is 0.409 e. The molecule has 170 valence electrons. The summed E-state index contributed by atoms with van der Waals surface area (Å²) in [5, 5.41) is 14.9. The third-order valence-electron chi connectivity index (χ3n) is 4.36. The van der Waals surface area contributed by atoms with Gasteiger partial charge in [0.25, 0.3) is 0 Å². The fourth-order valence-electron chi connectivity index (χ4n) is 2.99. The molecule has 2 rings (SSSR count). The normalized spacial score (nSPS) is 18.7. The van der Waals surface area contributed by atoms with Crippen molar-refractivity contribution in [3.05, 3.63) is 29.8 Å². The number of carboxylic acid groups (broad SMARTS) is 1. The fraction of sp³-hybridized carbons (Fsp3) is 0.524. The van der Waals surface area contributed by atoms with Gasteiger partial charge in [-0.3, -0.25) is 20.3 Å². The number of carboxylic acids is 1. The lowest BCUT2D eigenvalue weighted by Gasteiger charge is -2.38. The van der Waals surface area contributed by atoms with Crippen LogP contribution in [-0.2, 0) is 19.1 Å². The van der Waals surface area contributed by atoms with E-state index in [0.717, 1.165) is 6.29 Å². The van der Waals surface area contributed by atoms with Crippen molar-refractivity contribution in [2.75, 3.05) is 18.1 Å². The number of morpholine rings is 1. The molecule has 2 atom stereocenters. The van der Waals surface area contributed by atoms with Gasteiger partial charge in [0.15, 0.2) is 0 Å². The molecule has 1 heterocycles. The second-order valence-electron chi connectivity index (χ2n) is 8.07. The SMILES string of the molecule is CC(C)(C)OC(=O)NC1CNC(N(C(=O)CCCC=O)c2ccc(C(=O)O)cc2)CO1. The van der Waals surface area contributed by atoms with E-state index in [9.17, 15) is 19.2 Å².